The molecule has 18 nitrogen and oxygen atoms in total. The maximum atomic E-state index is 13.7. The van der Waals surface area contributed by atoms with Gasteiger partial charge < -0.3 is 35.4 Å². The van der Waals surface area contributed by atoms with Crippen LogP contribution in [0.25, 0.3) is 11.3 Å². The minimum absolute atomic E-state index is 0.0907. The van der Waals surface area contributed by atoms with Crippen molar-refractivity contribution in [1.29, 1.82) is 0 Å². The maximum absolute atomic E-state index is 13.7. The molecule has 7 amide bonds. The molecule has 72 heavy (non-hydrogen) atoms. The molecule has 0 bridgehead atoms. The summed E-state index contributed by atoms with van der Waals surface area (Å²) in [5.74, 6) is 1.26. The number of aromatic nitrogens is 2. The molecular formula is C54H65N11O7. The van der Waals surface area contributed by atoms with Crippen LogP contribution in [0.4, 0.5) is 16.3 Å². The highest BCUT2D eigenvalue weighted by molar-refractivity contribution is 6.23. The number of urea groups is 1. The van der Waals surface area contributed by atoms with Crippen LogP contribution in [0.3, 0.4) is 0 Å². The van der Waals surface area contributed by atoms with Gasteiger partial charge in [0.05, 0.1) is 17.2 Å². The van der Waals surface area contributed by atoms with Crippen LogP contribution in [0, 0.1) is 17.8 Å². The van der Waals surface area contributed by atoms with E-state index in [-0.39, 0.29) is 24.9 Å². The molecule has 2 atom stereocenters. The summed E-state index contributed by atoms with van der Waals surface area (Å²) in [7, 11) is 0. The number of hydrogen-bond acceptors (Lipinski definition) is 12. The van der Waals surface area contributed by atoms with Crippen molar-refractivity contribution in [3.63, 3.8) is 0 Å². The van der Waals surface area contributed by atoms with Gasteiger partial charge in [-0.15, -0.1) is 0 Å². The van der Waals surface area contributed by atoms with Crippen LogP contribution in [-0.2, 0) is 9.59 Å². The summed E-state index contributed by atoms with van der Waals surface area (Å²) < 4.78 is 8.04. The number of primary amides is 1. The number of imide groups is 2. The zero-order chi connectivity index (χ0) is 49.5. The quantitative estimate of drug-likeness (QED) is 0.165. The molecule has 0 saturated carbocycles. The van der Waals surface area contributed by atoms with Crippen LogP contribution in [0.1, 0.15) is 94.9 Å². The topological polar surface area (TPSA) is 199 Å². The Kier molecular flexibility index (Phi) is 13.5. The number of nitrogens with two attached hydrogens (primary N) is 1. The minimum atomic E-state index is -0.976. The first-order valence-corrected chi connectivity index (χ1v) is 26.1. The van der Waals surface area contributed by atoms with Gasteiger partial charge in [0.25, 0.3) is 17.7 Å². The standard InChI is InChI=1S/C54H65N11O7/c55-49(67)47-48(38-6-9-41(10-7-38)72-40-4-2-1-3-5-40)58-65-44(14-21-56-50(47)65)37-19-22-59(23-20-37)33-36-17-26-62(27-18-36)54(71)63-30-28-60(29-31-63)34-35-15-24-61(25-16-35)39-8-11-42-43(32-39)53(70)64(52(42)69)45-12-13-46(66)57-51(45)68/h1-11,32,35-37,44-45,56H,12-31,33-34H2,(H2,55,67)(H,57,66,68)/t44-,45?/m0/s1. The van der Waals surface area contributed by atoms with Crippen LogP contribution >= 0.6 is 0 Å². The Labute approximate surface area is 419 Å². The van der Waals surface area contributed by atoms with Crippen LogP contribution in [-0.4, -0.2) is 161 Å². The monoisotopic (exact) mass is 980 g/mol. The fraction of sp³-hybridized carbons (Fsp3) is 0.500. The van der Waals surface area contributed by atoms with Gasteiger partial charge in [0, 0.05) is 89.7 Å². The summed E-state index contributed by atoms with van der Waals surface area (Å²) in [6.07, 6.45) is 7.36. The van der Waals surface area contributed by atoms with E-state index >= 15 is 0 Å². The molecule has 1 unspecified atom stereocenters. The Balaban J connectivity index is 0.601. The number of carbonyl (C=O) groups is 6. The van der Waals surface area contributed by atoms with Crippen molar-refractivity contribution in [1.82, 2.24) is 39.6 Å². The zero-order valence-electron chi connectivity index (χ0n) is 40.9. The summed E-state index contributed by atoms with van der Waals surface area (Å²) in [5, 5.41) is 10.8. The van der Waals surface area contributed by atoms with Gasteiger partial charge in [-0.25, -0.2) is 9.48 Å². The van der Waals surface area contributed by atoms with Crippen molar-refractivity contribution < 1.29 is 33.5 Å². The predicted octanol–water partition coefficient (Wildman–Crippen LogP) is 5.28. The molecule has 5 saturated heterocycles. The largest absolute Gasteiger partial charge is 0.457 e. The first kappa shape index (κ1) is 47.5. The van der Waals surface area contributed by atoms with E-state index in [4.69, 9.17) is 15.6 Å². The second-order valence-corrected chi connectivity index (χ2v) is 20.8. The fourth-order valence-electron chi connectivity index (χ4n) is 12.4. The SMILES string of the molecule is NC(=O)c1c(-c2ccc(Oc3ccccc3)cc2)nn2c1NCC[C@H]2C1CCN(CC2CCN(C(=O)N3CCN(CC4CCN(c5ccc6c(c5)C(=O)N(C5CCC(=O)NC5=O)C6=O)CC4)CC3)CC2)CC1. The number of likely N-dealkylation sites (tertiary alicyclic amines) is 2. The van der Waals surface area contributed by atoms with E-state index < -0.39 is 35.6 Å². The highest BCUT2D eigenvalue weighted by atomic mass is 16.5. The average Bonchev–Trinajstić information content (AvgIpc) is 3.92. The van der Waals surface area contributed by atoms with E-state index in [1.807, 2.05) is 70.2 Å². The van der Waals surface area contributed by atoms with Gasteiger partial charge in [-0.3, -0.25) is 39.1 Å². The zero-order valence-corrected chi connectivity index (χ0v) is 40.9. The van der Waals surface area contributed by atoms with E-state index in [1.54, 1.807) is 12.1 Å². The number of piperazine rings is 1. The van der Waals surface area contributed by atoms with Crippen molar-refractivity contribution in [2.75, 3.05) is 95.3 Å². The second-order valence-electron chi connectivity index (χ2n) is 20.8. The number of amides is 7. The molecule has 11 rings (SSSR count). The molecule has 4 aromatic rings. The Morgan fingerprint density at radius 3 is 1.99 bits per heavy atom. The highest BCUT2D eigenvalue weighted by Gasteiger charge is 2.45. The Bertz CT molecular complexity index is 2700. The molecule has 18 heteroatoms. The number of benzene rings is 3. The smallest absolute Gasteiger partial charge is 0.320 e. The van der Waals surface area contributed by atoms with E-state index in [0.29, 0.717) is 45.9 Å². The number of carbonyl (C=O) groups excluding carboxylic acids is 6. The first-order valence-electron chi connectivity index (χ1n) is 26.1. The van der Waals surface area contributed by atoms with Crippen LogP contribution in [0.5, 0.6) is 11.5 Å². The lowest BCUT2D eigenvalue weighted by Gasteiger charge is -2.42. The second kappa shape index (κ2) is 20.4. The molecule has 0 radical (unpaired) electrons. The van der Waals surface area contributed by atoms with E-state index in [0.717, 1.165) is 158 Å². The molecule has 378 valence electrons. The third kappa shape index (κ3) is 9.65. The van der Waals surface area contributed by atoms with E-state index in [2.05, 4.69) is 30.2 Å². The maximum Gasteiger partial charge on any atom is 0.320 e. The van der Waals surface area contributed by atoms with Crippen molar-refractivity contribution in [2.45, 2.75) is 69.9 Å². The molecular weight excluding hydrogens is 915 g/mol. The number of piperidine rings is 4. The van der Waals surface area contributed by atoms with Gasteiger partial charge in [0.1, 0.15) is 34.6 Å². The number of fused-ring (bicyclic) bond motifs is 2. The van der Waals surface area contributed by atoms with Crippen molar-refractivity contribution in [3.8, 4) is 22.8 Å². The summed E-state index contributed by atoms with van der Waals surface area (Å²) in [5.41, 5.74) is 9.37. The molecule has 5 fully saturated rings. The summed E-state index contributed by atoms with van der Waals surface area (Å²) >= 11 is 0. The lowest BCUT2D eigenvalue weighted by atomic mass is 9.86. The Hall–Kier alpha value is -6.79. The van der Waals surface area contributed by atoms with Gasteiger partial charge in [0.15, 0.2) is 0 Å². The molecule has 3 aromatic carbocycles. The Morgan fingerprint density at radius 1 is 0.667 bits per heavy atom. The molecule has 8 heterocycles. The van der Waals surface area contributed by atoms with Gasteiger partial charge in [-0.2, -0.15) is 5.10 Å². The number of para-hydroxylation sites is 1. The van der Waals surface area contributed by atoms with Gasteiger partial charge >= 0.3 is 6.03 Å². The van der Waals surface area contributed by atoms with Crippen molar-refractivity contribution >= 4 is 47.1 Å². The van der Waals surface area contributed by atoms with Crippen LogP contribution in [0.15, 0.2) is 72.8 Å². The molecule has 4 N–H and O–H groups in total. The van der Waals surface area contributed by atoms with E-state index in [1.165, 1.54) is 0 Å². The molecule has 7 aliphatic rings. The number of nitrogens with one attached hydrogen (secondary N) is 2. The lowest BCUT2D eigenvalue weighted by Crippen LogP contribution is -2.55. The third-order valence-electron chi connectivity index (χ3n) is 16.5. The van der Waals surface area contributed by atoms with Crippen LogP contribution in [0.2, 0.25) is 0 Å². The number of anilines is 2. The minimum Gasteiger partial charge on any atom is -0.457 e. The molecule has 0 aliphatic carbocycles. The highest BCUT2D eigenvalue weighted by Crippen LogP contribution is 2.41. The van der Waals surface area contributed by atoms with Crippen LogP contribution < -0.4 is 26.0 Å². The lowest BCUT2D eigenvalue weighted by molar-refractivity contribution is -0.136. The Morgan fingerprint density at radius 2 is 1.31 bits per heavy atom. The number of hydrogen-bond donors (Lipinski definition) is 3. The summed E-state index contributed by atoms with van der Waals surface area (Å²) in [6.45, 7) is 11.4. The number of nitrogens with zero attached hydrogens (tertiary/aromatic N) is 8. The third-order valence-corrected chi connectivity index (χ3v) is 16.5. The normalized spacial score (nSPS) is 22.9. The van der Waals surface area contributed by atoms with E-state index in [9.17, 15) is 28.8 Å². The average molecular weight is 980 g/mol. The number of ether oxygens (including phenoxy) is 1. The van der Waals surface area contributed by atoms with Gasteiger partial charge in [0.2, 0.25) is 11.8 Å². The van der Waals surface area contributed by atoms with Crippen molar-refractivity contribution in [2.24, 2.45) is 23.5 Å². The van der Waals surface area contributed by atoms with Gasteiger partial charge in [-0.1, -0.05) is 18.2 Å². The number of rotatable bonds is 11. The van der Waals surface area contributed by atoms with Crippen molar-refractivity contribution in [3.05, 3.63) is 89.5 Å². The summed E-state index contributed by atoms with van der Waals surface area (Å²) in [6, 6.07) is 22.0. The fourth-order valence-corrected chi connectivity index (χ4v) is 12.4. The molecule has 0 spiro atoms. The summed E-state index contributed by atoms with van der Waals surface area (Å²) in [4.78, 5) is 89.9. The van der Waals surface area contributed by atoms with Gasteiger partial charge in [-0.05, 0) is 137 Å². The predicted molar refractivity (Wildman–Crippen MR) is 270 cm³/mol. The first-order chi connectivity index (χ1) is 35.0. The molecule has 7 aliphatic heterocycles. The molecule has 1 aromatic heterocycles.